The van der Waals surface area contributed by atoms with Crippen molar-refractivity contribution in [3.63, 3.8) is 0 Å². The van der Waals surface area contributed by atoms with Gasteiger partial charge in [-0.3, -0.25) is 4.79 Å². The number of rotatable bonds is 5. The molecule has 0 saturated carbocycles. The number of tetrazole rings is 1. The van der Waals surface area contributed by atoms with E-state index in [0.29, 0.717) is 46.2 Å². The number of nitrogens with one attached hydrogen (secondary N) is 1. The summed E-state index contributed by atoms with van der Waals surface area (Å²) in [6.45, 7) is 5.08. The fourth-order valence-corrected chi connectivity index (χ4v) is 5.16. The summed E-state index contributed by atoms with van der Waals surface area (Å²) in [4.78, 5) is 37.4. The summed E-state index contributed by atoms with van der Waals surface area (Å²) in [6.07, 6.45) is 5.53. The second kappa shape index (κ2) is 10.0. The first kappa shape index (κ1) is 26.5. The molecule has 1 aliphatic rings. The molecule has 0 spiro atoms. The van der Waals surface area contributed by atoms with E-state index in [2.05, 4.69) is 30.5 Å². The molecule has 1 aromatic carbocycles. The zero-order chi connectivity index (χ0) is 28.9. The minimum atomic E-state index is -0.855. The topological polar surface area (TPSA) is 133 Å². The van der Waals surface area contributed by atoms with E-state index in [9.17, 15) is 9.59 Å². The molecule has 13 heteroatoms. The van der Waals surface area contributed by atoms with E-state index in [-0.39, 0.29) is 17.2 Å². The van der Waals surface area contributed by atoms with Gasteiger partial charge in [-0.2, -0.15) is 4.68 Å². The summed E-state index contributed by atoms with van der Waals surface area (Å²) < 4.78 is 23.8. The molecule has 0 amide bonds. The Bertz CT molecular complexity index is 1840. The van der Waals surface area contributed by atoms with Gasteiger partial charge < -0.3 is 14.3 Å². The third kappa shape index (κ3) is 5.02. The lowest BCUT2D eigenvalue weighted by molar-refractivity contribution is 0.00576. The summed E-state index contributed by atoms with van der Waals surface area (Å²) in [6, 6.07) is 9.85. The van der Waals surface area contributed by atoms with Gasteiger partial charge in [-0.1, -0.05) is 11.6 Å². The summed E-state index contributed by atoms with van der Waals surface area (Å²) in [5.74, 6) is -1.17. The van der Waals surface area contributed by atoms with Crippen LogP contribution in [0, 0.1) is 5.82 Å². The van der Waals surface area contributed by atoms with Crippen molar-refractivity contribution in [3.8, 4) is 28.1 Å². The normalized spacial score (nSPS) is 14.7. The molecular formula is C28H24ClFN8O3. The smallest absolute Gasteiger partial charge is 0.360 e. The molecule has 5 aromatic rings. The lowest BCUT2D eigenvalue weighted by atomic mass is 10.0. The molecule has 5 heterocycles. The molecule has 0 fully saturated rings. The molecule has 0 saturated heterocycles. The van der Waals surface area contributed by atoms with Gasteiger partial charge in [-0.15, -0.1) is 5.10 Å². The number of carbonyl (C=O) groups is 1. The molecular weight excluding hydrogens is 551 g/mol. The van der Waals surface area contributed by atoms with E-state index in [4.69, 9.17) is 16.3 Å². The molecule has 0 bridgehead atoms. The third-order valence-electron chi connectivity index (χ3n) is 6.68. The van der Waals surface area contributed by atoms with Crippen LogP contribution in [0.2, 0.25) is 5.02 Å². The number of aromatic nitrogens is 8. The number of imidazole rings is 1. The second-order valence-corrected chi connectivity index (χ2v) is 11.1. The average molecular weight is 575 g/mol. The summed E-state index contributed by atoms with van der Waals surface area (Å²) in [7, 11) is 0. The molecule has 11 nitrogen and oxygen atoms in total. The first-order valence-electron chi connectivity index (χ1n) is 12.8. The number of hydrogen-bond donors (Lipinski definition) is 1. The number of pyridine rings is 2. The van der Waals surface area contributed by atoms with Crippen molar-refractivity contribution in [2.45, 2.75) is 45.3 Å². The minimum Gasteiger partial charge on any atom is -0.455 e. The Kier molecular flexibility index (Phi) is 6.49. The standard InChI is InChI=1S/C28H24ClFN8O3/c1-28(2,3)41-27(40)25-24(30)18(8-9-31-25)20-13-32-26(34-20)22-7-5-17-10-15(11-23(39)38(17)22)19-12-16(29)4-6-21(19)37-14-33-35-36-37/h4,6,8-14,22H,5,7H2,1-3H3,(H,32,34)/t22-/m0/s1. The van der Waals surface area contributed by atoms with Crippen molar-refractivity contribution in [2.24, 2.45) is 0 Å². The highest BCUT2D eigenvalue weighted by atomic mass is 35.5. The van der Waals surface area contributed by atoms with Crippen LogP contribution in [0.25, 0.3) is 28.1 Å². The SMILES string of the molecule is CC(C)(C)OC(=O)c1nccc(-c2cnc([C@@H]3CCc4cc(-c5cc(Cl)ccc5-n5cnnn5)cc(=O)n43)[nH]2)c1F. The van der Waals surface area contributed by atoms with Gasteiger partial charge >= 0.3 is 5.97 Å². The number of H-pyrrole nitrogens is 1. The van der Waals surface area contributed by atoms with Gasteiger partial charge in [0.1, 0.15) is 17.8 Å². The number of halogens is 2. The van der Waals surface area contributed by atoms with Crippen LogP contribution >= 0.6 is 11.6 Å². The molecule has 1 atom stereocenters. The average Bonchev–Trinajstić information content (AvgIpc) is 3.68. The Morgan fingerprint density at radius 1 is 1.15 bits per heavy atom. The largest absolute Gasteiger partial charge is 0.455 e. The van der Waals surface area contributed by atoms with Crippen molar-refractivity contribution >= 4 is 17.6 Å². The van der Waals surface area contributed by atoms with E-state index < -0.39 is 23.1 Å². The van der Waals surface area contributed by atoms with Crippen molar-refractivity contribution in [1.82, 2.24) is 39.7 Å². The van der Waals surface area contributed by atoms with E-state index in [1.54, 1.807) is 49.6 Å². The molecule has 0 unspecified atom stereocenters. The third-order valence-corrected chi connectivity index (χ3v) is 6.92. The van der Waals surface area contributed by atoms with Gasteiger partial charge in [0, 0.05) is 34.1 Å². The minimum absolute atomic E-state index is 0.122. The predicted molar refractivity (Wildman–Crippen MR) is 147 cm³/mol. The van der Waals surface area contributed by atoms with Crippen molar-refractivity contribution in [1.29, 1.82) is 0 Å². The number of nitrogens with zero attached hydrogens (tertiary/aromatic N) is 7. The Morgan fingerprint density at radius 2 is 1.98 bits per heavy atom. The van der Waals surface area contributed by atoms with Crippen LogP contribution in [0.3, 0.4) is 0 Å². The number of fused-ring (bicyclic) bond motifs is 1. The van der Waals surface area contributed by atoms with Crippen LogP contribution in [0.4, 0.5) is 4.39 Å². The number of aryl methyl sites for hydroxylation is 1. The van der Waals surface area contributed by atoms with Gasteiger partial charge in [0.2, 0.25) is 0 Å². The fourth-order valence-electron chi connectivity index (χ4n) is 4.98. The Hall–Kier alpha value is -4.71. The maximum atomic E-state index is 15.4. The molecule has 4 aromatic heterocycles. The molecule has 6 rings (SSSR count). The number of aromatic amines is 1. The lowest BCUT2D eigenvalue weighted by Gasteiger charge is -2.19. The van der Waals surface area contributed by atoms with E-state index in [1.165, 1.54) is 29.5 Å². The zero-order valence-electron chi connectivity index (χ0n) is 22.3. The Balaban J connectivity index is 1.33. The zero-order valence-corrected chi connectivity index (χ0v) is 23.1. The predicted octanol–water partition coefficient (Wildman–Crippen LogP) is 4.56. The first-order chi connectivity index (χ1) is 19.6. The quantitative estimate of drug-likeness (QED) is 0.302. The van der Waals surface area contributed by atoms with Crippen LogP contribution in [0.15, 0.2) is 59.9 Å². The summed E-state index contributed by atoms with van der Waals surface area (Å²) in [5, 5.41) is 11.9. The number of hydrogen-bond acceptors (Lipinski definition) is 8. The summed E-state index contributed by atoms with van der Waals surface area (Å²) >= 11 is 6.29. The maximum absolute atomic E-state index is 15.4. The molecule has 0 aliphatic carbocycles. The van der Waals surface area contributed by atoms with Crippen LogP contribution in [-0.2, 0) is 11.2 Å². The highest BCUT2D eigenvalue weighted by molar-refractivity contribution is 6.31. The van der Waals surface area contributed by atoms with Crippen molar-refractivity contribution in [2.75, 3.05) is 0 Å². The van der Waals surface area contributed by atoms with Crippen molar-refractivity contribution < 1.29 is 13.9 Å². The highest BCUT2D eigenvalue weighted by Gasteiger charge is 2.29. The van der Waals surface area contributed by atoms with Crippen LogP contribution in [0.5, 0.6) is 0 Å². The molecule has 1 N–H and O–H groups in total. The van der Waals surface area contributed by atoms with Crippen LogP contribution in [0.1, 0.15) is 55.2 Å². The number of carbonyl (C=O) groups excluding carboxylic acids is 1. The maximum Gasteiger partial charge on any atom is 0.360 e. The molecule has 1 aliphatic heterocycles. The van der Waals surface area contributed by atoms with Gasteiger partial charge in [0.25, 0.3) is 5.56 Å². The summed E-state index contributed by atoms with van der Waals surface area (Å²) in [5.41, 5.74) is 1.94. The molecule has 0 radical (unpaired) electrons. The van der Waals surface area contributed by atoms with Crippen LogP contribution < -0.4 is 5.56 Å². The highest BCUT2D eigenvalue weighted by Crippen LogP contribution is 2.34. The van der Waals surface area contributed by atoms with Gasteiger partial charge in [-0.05, 0) is 79.9 Å². The van der Waals surface area contributed by atoms with Gasteiger partial charge in [-0.25, -0.2) is 19.2 Å². The van der Waals surface area contributed by atoms with Crippen molar-refractivity contribution in [3.05, 3.63) is 93.5 Å². The second-order valence-electron chi connectivity index (χ2n) is 10.6. The van der Waals surface area contributed by atoms with E-state index in [0.717, 1.165) is 5.69 Å². The molecule has 208 valence electrons. The number of ether oxygens (including phenoxy) is 1. The van der Waals surface area contributed by atoms with E-state index in [1.807, 2.05) is 6.07 Å². The van der Waals surface area contributed by atoms with Gasteiger partial charge in [0.05, 0.1) is 23.6 Å². The Labute approximate surface area is 238 Å². The number of benzene rings is 1. The van der Waals surface area contributed by atoms with E-state index >= 15 is 4.39 Å². The first-order valence-corrected chi connectivity index (χ1v) is 13.2. The van der Waals surface area contributed by atoms with Gasteiger partial charge in [0.15, 0.2) is 11.5 Å². The lowest BCUT2D eigenvalue weighted by Crippen LogP contribution is -2.25. The van der Waals surface area contributed by atoms with Crippen LogP contribution in [-0.4, -0.2) is 51.3 Å². The number of esters is 1. The Morgan fingerprint density at radius 3 is 2.73 bits per heavy atom. The molecule has 41 heavy (non-hydrogen) atoms. The fraction of sp³-hybridized carbons (Fsp3) is 0.250. The monoisotopic (exact) mass is 574 g/mol.